The van der Waals surface area contributed by atoms with Crippen LogP contribution in [0, 0.1) is 27.3 Å². The van der Waals surface area contributed by atoms with Gasteiger partial charge in [-0.15, -0.1) is 0 Å². The van der Waals surface area contributed by atoms with E-state index in [4.69, 9.17) is 5.73 Å². The molecule has 0 saturated carbocycles. The molecule has 31 heavy (non-hydrogen) atoms. The molecule has 2 N–H and O–H groups in total. The third kappa shape index (κ3) is 3.49. The van der Waals surface area contributed by atoms with Crippen LogP contribution in [0.1, 0.15) is 30.7 Å². The van der Waals surface area contributed by atoms with Crippen LogP contribution in [0.15, 0.2) is 69.6 Å². The SMILES string of the molecule is N#CC1=C(N)N(c2ccc(Br)cc2F)C2=C(C(=O)CCC2)[C@H]1c1ccc([N+](=O)[O-])cc1. The van der Waals surface area contributed by atoms with Crippen LogP contribution < -0.4 is 10.6 Å². The predicted molar refractivity (Wildman–Crippen MR) is 115 cm³/mol. The van der Waals surface area contributed by atoms with Crippen molar-refractivity contribution in [3.8, 4) is 6.07 Å². The topological polar surface area (TPSA) is 113 Å². The maximum atomic E-state index is 14.8. The molecule has 2 aromatic rings. The second-order valence-electron chi connectivity index (χ2n) is 7.26. The number of allylic oxidation sites excluding steroid dienone is 3. The molecule has 1 aliphatic carbocycles. The van der Waals surface area contributed by atoms with Gasteiger partial charge < -0.3 is 5.73 Å². The number of ketones is 1. The fraction of sp³-hybridized carbons (Fsp3) is 0.182. The molecule has 0 aromatic heterocycles. The first kappa shape index (κ1) is 20.8. The van der Waals surface area contributed by atoms with Crippen LogP contribution >= 0.6 is 15.9 Å². The van der Waals surface area contributed by atoms with E-state index in [1.165, 1.54) is 41.3 Å². The second-order valence-corrected chi connectivity index (χ2v) is 8.18. The van der Waals surface area contributed by atoms with Crippen molar-refractivity contribution >= 4 is 33.1 Å². The monoisotopic (exact) mass is 482 g/mol. The lowest BCUT2D eigenvalue weighted by Gasteiger charge is -2.39. The molecule has 1 heterocycles. The first-order valence-electron chi connectivity index (χ1n) is 9.49. The number of nitro groups is 1. The summed E-state index contributed by atoms with van der Waals surface area (Å²) in [7, 11) is 0. The zero-order valence-electron chi connectivity index (χ0n) is 16.1. The second kappa shape index (κ2) is 7.96. The molecule has 0 radical (unpaired) electrons. The molecule has 0 bridgehead atoms. The summed E-state index contributed by atoms with van der Waals surface area (Å²) in [6.07, 6.45) is 1.37. The van der Waals surface area contributed by atoms with Crippen LogP contribution in [-0.2, 0) is 4.79 Å². The van der Waals surface area contributed by atoms with Crippen LogP contribution in [0.5, 0.6) is 0 Å². The highest BCUT2D eigenvalue weighted by atomic mass is 79.9. The highest BCUT2D eigenvalue weighted by molar-refractivity contribution is 9.10. The van der Waals surface area contributed by atoms with E-state index in [1.54, 1.807) is 6.07 Å². The molecule has 0 unspecified atom stereocenters. The van der Waals surface area contributed by atoms with Crippen molar-refractivity contribution in [2.45, 2.75) is 25.2 Å². The van der Waals surface area contributed by atoms with Gasteiger partial charge >= 0.3 is 0 Å². The van der Waals surface area contributed by atoms with E-state index in [0.29, 0.717) is 40.6 Å². The zero-order valence-corrected chi connectivity index (χ0v) is 17.7. The van der Waals surface area contributed by atoms with Crippen LogP contribution in [0.4, 0.5) is 15.8 Å². The summed E-state index contributed by atoms with van der Waals surface area (Å²) in [5.74, 6) is -1.41. The largest absolute Gasteiger partial charge is 0.384 e. The van der Waals surface area contributed by atoms with E-state index < -0.39 is 16.7 Å². The van der Waals surface area contributed by atoms with E-state index in [1.807, 2.05) is 0 Å². The number of hydrogen-bond donors (Lipinski definition) is 1. The summed E-state index contributed by atoms with van der Waals surface area (Å²) < 4.78 is 15.4. The Hall–Kier alpha value is -3.51. The van der Waals surface area contributed by atoms with Crippen molar-refractivity contribution in [2.24, 2.45) is 5.73 Å². The average Bonchev–Trinajstić information content (AvgIpc) is 2.74. The lowest BCUT2D eigenvalue weighted by molar-refractivity contribution is -0.384. The Balaban J connectivity index is 1.94. The van der Waals surface area contributed by atoms with E-state index in [9.17, 15) is 24.6 Å². The Morgan fingerprint density at radius 3 is 2.55 bits per heavy atom. The minimum Gasteiger partial charge on any atom is -0.384 e. The van der Waals surface area contributed by atoms with Gasteiger partial charge in [-0.05, 0) is 36.6 Å². The maximum absolute atomic E-state index is 14.8. The zero-order chi connectivity index (χ0) is 22.3. The lowest BCUT2D eigenvalue weighted by atomic mass is 9.75. The number of nitrogens with two attached hydrogens (primary N) is 1. The quantitative estimate of drug-likeness (QED) is 0.496. The first-order chi connectivity index (χ1) is 14.8. The molecule has 156 valence electrons. The highest BCUT2D eigenvalue weighted by Crippen LogP contribution is 2.46. The number of nitriles is 1. The number of non-ortho nitro benzene ring substituents is 1. The molecular weight excluding hydrogens is 467 g/mol. The summed E-state index contributed by atoms with van der Waals surface area (Å²) in [4.78, 5) is 25.0. The molecule has 1 atom stereocenters. The molecule has 0 saturated heterocycles. The summed E-state index contributed by atoms with van der Waals surface area (Å²) in [5, 5.41) is 20.9. The van der Waals surface area contributed by atoms with Crippen molar-refractivity contribution in [1.82, 2.24) is 0 Å². The Kier molecular flexibility index (Phi) is 5.33. The number of anilines is 1. The van der Waals surface area contributed by atoms with Gasteiger partial charge in [0.25, 0.3) is 5.69 Å². The number of hydrogen-bond acceptors (Lipinski definition) is 6. The Bertz CT molecular complexity index is 1210. The molecular formula is C22H16BrFN4O3. The van der Waals surface area contributed by atoms with Crippen molar-refractivity contribution in [2.75, 3.05) is 4.90 Å². The van der Waals surface area contributed by atoms with E-state index in [2.05, 4.69) is 22.0 Å². The molecule has 1 aliphatic heterocycles. The number of rotatable bonds is 3. The summed E-state index contributed by atoms with van der Waals surface area (Å²) in [6, 6.07) is 12.3. The number of nitrogens with zero attached hydrogens (tertiary/aromatic N) is 3. The number of halogens is 2. The standard InChI is InChI=1S/C22H16BrFN4O3/c23-13-6-9-17(16(24)10-13)27-18-2-1-3-19(29)21(18)20(15(11-25)22(27)26)12-4-7-14(8-5-12)28(30)31/h4-10,20H,1-3,26H2/t20-/m0/s1. The average molecular weight is 483 g/mol. The molecule has 4 rings (SSSR count). The first-order valence-corrected chi connectivity index (χ1v) is 10.3. The lowest BCUT2D eigenvalue weighted by Crippen LogP contribution is -2.39. The highest BCUT2D eigenvalue weighted by Gasteiger charge is 2.40. The van der Waals surface area contributed by atoms with Gasteiger partial charge in [0.15, 0.2) is 5.78 Å². The number of nitro benzene ring substituents is 1. The molecule has 9 heteroatoms. The van der Waals surface area contributed by atoms with Gasteiger partial charge in [0.1, 0.15) is 11.6 Å². The Morgan fingerprint density at radius 2 is 1.94 bits per heavy atom. The Labute approximate surface area is 185 Å². The third-order valence-electron chi connectivity index (χ3n) is 5.50. The minimum absolute atomic E-state index is 0.0422. The normalized spacial score (nSPS) is 18.7. The van der Waals surface area contributed by atoms with Crippen LogP contribution in [0.25, 0.3) is 0 Å². The number of Topliss-reactive ketones (excluding diaryl/α,β-unsaturated/α-hetero) is 1. The van der Waals surface area contributed by atoms with Gasteiger partial charge in [0, 0.05) is 34.3 Å². The van der Waals surface area contributed by atoms with Crippen LogP contribution in [0.3, 0.4) is 0 Å². The maximum Gasteiger partial charge on any atom is 0.269 e. The van der Waals surface area contributed by atoms with E-state index in [0.717, 1.165) is 0 Å². The van der Waals surface area contributed by atoms with Gasteiger partial charge in [0.05, 0.1) is 28.2 Å². The minimum atomic E-state index is -0.761. The third-order valence-corrected chi connectivity index (χ3v) is 5.99. The molecule has 7 nitrogen and oxygen atoms in total. The Morgan fingerprint density at radius 1 is 1.23 bits per heavy atom. The van der Waals surface area contributed by atoms with Gasteiger partial charge in [-0.3, -0.25) is 19.8 Å². The van der Waals surface area contributed by atoms with Crippen molar-refractivity contribution < 1.29 is 14.1 Å². The van der Waals surface area contributed by atoms with Gasteiger partial charge in [0.2, 0.25) is 0 Å². The van der Waals surface area contributed by atoms with Crippen molar-refractivity contribution in [3.63, 3.8) is 0 Å². The molecule has 2 aromatic carbocycles. The number of carbonyl (C=O) groups excluding carboxylic acids is 1. The fourth-order valence-corrected chi connectivity index (χ4v) is 4.48. The fourth-order valence-electron chi connectivity index (χ4n) is 4.15. The van der Waals surface area contributed by atoms with E-state index >= 15 is 0 Å². The molecule has 0 fully saturated rings. The summed E-state index contributed by atoms with van der Waals surface area (Å²) >= 11 is 3.23. The molecule has 0 amide bonds. The molecule has 2 aliphatic rings. The summed E-state index contributed by atoms with van der Waals surface area (Å²) in [5.41, 5.74) is 8.02. The van der Waals surface area contributed by atoms with Gasteiger partial charge in [-0.2, -0.15) is 5.26 Å². The van der Waals surface area contributed by atoms with Crippen molar-refractivity contribution in [3.05, 3.63) is 91.1 Å². The van der Waals surface area contributed by atoms with Crippen LogP contribution in [0.2, 0.25) is 0 Å². The van der Waals surface area contributed by atoms with Crippen molar-refractivity contribution in [1.29, 1.82) is 5.26 Å². The smallest absolute Gasteiger partial charge is 0.269 e. The molecule has 0 spiro atoms. The van der Waals surface area contributed by atoms with Crippen LogP contribution in [-0.4, -0.2) is 10.7 Å². The predicted octanol–water partition coefficient (Wildman–Crippen LogP) is 4.80. The van der Waals surface area contributed by atoms with Gasteiger partial charge in [-0.1, -0.05) is 28.1 Å². The van der Waals surface area contributed by atoms with Gasteiger partial charge in [-0.25, -0.2) is 4.39 Å². The van der Waals surface area contributed by atoms with E-state index in [-0.39, 0.29) is 28.6 Å². The summed E-state index contributed by atoms with van der Waals surface area (Å²) in [6.45, 7) is 0. The number of carbonyl (C=O) groups is 1. The number of benzene rings is 2.